The number of rotatable bonds is 7. The summed E-state index contributed by atoms with van der Waals surface area (Å²) < 4.78 is 18.2. The highest BCUT2D eigenvalue weighted by Crippen LogP contribution is 2.45. The molecule has 0 aliphatic heterocycles. The molecule has 0 radical (unpaired) electrons. The smallest absolute Gasteiger partial charge is 0.330 e. The van der Waals surface area contributed by atoms with Gasteiger partial charge in [0.1, 0.15) is 17.2 Å². The highest BCUT2D eigenvalue weighted by Gasteiger charge is 2.20. The second kappa shape index (κ2) is 9.95. The fraction of sp³-hybridized carbons (Fsp3) is 0.286. The summed E-state index contributed by atoms with van der Waals surface area (Å²) in [6, 6.07) is 9.35. The van der Waals surface area contributed by atoms with Crippen molar-refractivity contribution in [2.75, 3.05) is 13.7 Å². The van der Waals surface area contributed by atoms with E-state index < -0.39 is 0 Å². The number of ether oxygens (including phenoxy) is 3. The topological polar surface area (TPSA) is 44.8 Å². The Hall–Kier alpha value is -1.79. The number of hydrogen-bond acceptors (Lipinski definition) is 4. The van der Waals surface area contributed by atoms with Crippen LogP contribution in [0.15, 0.2) is 45.4 Å². The Labute approximate surface area is 176 Å². The van der Waals surface area contributed by atoms with Crippen LogP contribution in [-0.2, 0) is 9.53 Å². The molecule has 0 saturated carbocycles. The average Bonchev–Trinajstić information content (AvgIpc) is 2.62. The zero-order chi connectivity index (χ0) is 20.0. The van der Waals surface area contributed by atoms with Gasteiger partial charge in [-0.25, -0.2) is 4.79 Å². The Kier molecular flexibility index (Phi) is 7.92. The van der Waals surface area contributed by atoms with Crippen LogP contribution in [0.3, 0.4) is 0 Å². The van der Waals surface area contributed by atoms with Crippen molar-refractivity contribution in [3.05, 3.63) is 56.5 Å². The summed E-state index contributed by atoms with van der Waals surface area (Å²) in [4.78, 5) is 11.5. The van der Waals surface area contributed by atoms with Crippen LogP contribution in [0.25, 0.3) is 6.08 Å². The maximum atomic E-state index is 11.5. The first kappa shape index (κ1) is 21.5. The van der Waals surface area contributed by atoms with Gasteiger partial charge in [-0.1, -0.05) is 26.0 Å². The third-order valence-electron chi connectivity index (χ3n) is 3.74. The molecule has 0 amide bonds. The third kappa shape index (κ3) is 5.59. The van der Waals surface area contributed by atoms with E-state index in [1.165, 1.54) is 6.08 Å². The molecule has 0 fully saturated rings. The second-order valence-corrected chi connectivity index (χ2v) is 7.68. The van der Waals surface area contributed by atoms with Crippen LogP contribution in [0, 0.1) is 0 Å². The van der Waals surface area contributed by atoms with Crippen LogP contribution in [0.4, 0.5) is 0 Å². The standard InChI is InChI=1S/C21H22Br2O4/c1-5-26-18(24)10-9-14-7-6-8-15(11-14)27-17-12-16(22)21(25-4)19(13(2)3)20(17)23/h6-13H,5H2,1-4H3/b10-9+. The van der Waals surface area contributed by atoms with E-state index in [1.54, 1.807) is 20.1 Å². The van der Waals surface area contributed by atoms with Crippen molar-refractivity contribution in [3.63, 3.8) is 0 Å². The third-order valence-corrected chi connectivity index (χ3v) is 5.14. The van der Waals surface area contributed by atoms with E-state index in [9.17, 15) is 4.79 Å². The number of carbonyl (C=O) groups is 1. The minimum absolute atomic E-state index is 0.244. The highest BCUT2D eigenvalue weighted by atomic mass is 79.9. The monoisotopic (exact) mass is 496 g/mol. The summed E-state index contributed by atoms with van der Waals surface area (Å²) >= 11 is 7.21. The molecule has 4 nitrogen and oxygen atoms in total. The van der Waals surface area contributed by atoms with Gasteiger partial charge in [-0.2, -0.15) is 0 Å². The molecule has 27 heavy (non-hydrogen) atoms. The predicted molar refractivity (Wildman–Crippen MR) is 115 cm³/mol. The lowest BCUT2D eigenvalue weighted by Gasteiger charge is -2.19. The van der Waals surface area contributed by atoms with E-state index in [1.807, 2.05) is 30.3 Å². The van der Waals surface area contributed by atoms with E-state index in [0.717, 1.165) is 25.8 Å². The Bertz CT molecular complexity index is 844. The highest BCUT2D eigenvalue weighted by molar-refractivity contribution is 9.11. The van der Waals surface area contributed by atoms with Gasteiger partial charge in [-0.15, -0.1) is 0 Å². The summed E-state index contributed by atoms with van der Waals surface area (Å²) in [5.74, 6) is 2.00. The van der Waals surface area contributed by atoms with Gasteiger partial charge in [0.05, 0.1) is 22.7 Å². The Morgan fingerprint density at radius 1 is 1.22 bits per heavy atom. The van der Waals surface area contributed by atoms with Crippen LogP contribution < -0.4 is 9.47 Å². The van der Waals surface area contributed by atoms with Crippen molar-refractivity contribution in [3.8, 4) is 17.2 Å². The lowest BCUT2D eigenvalue weighted by Crippen LogP contribution is -1.99. The fourth-order valence-electron chi connectivity index (χ4n) is 2.57. The summed E-state index contributed by atoms with van der Waals surface area (Å²) in [6.07, 6.45) is 3.10. The van der Waals surface area contributed by atoms with Gasteiger partial charge >= 0.3 is 5.97 Å². The molecular formula is C21H22Br2O4. The Morgan fingerprint density at radius 2 is 1.96 bits per heavy atom. The van der Waals surface area contributed by atoms with E-state index in [-0.39, 0.29) is 11.9 Å². The maximum Gasteiger partial charge on any atom is 0.330 e. The number of carbonyl (C=O) groups excluding carboxylic acids is 1. The molecule has 0 atom stereocenters. The van der Waals surface area contributed by atoms with Crippen molar-refractivity contribution in [1.29, 1.82) is 0 Å². The van der Waals surface area contributed by atoms with Gasteiger partial charge in [0.2, 0.25) is 0 Å². The summed E-state index contributed by atoms with van der Waals surface area (Å²) in [6.45, 7) is 6.32. The summed E-state index contributed by atoms with van der Waals surface area (Å²) in [5.41, 5.74) is 1.87. The lowest BCUT2D eigenvalue weighted by molar-refractivity contribution is -0.137. The predicted octanol–water partition coefficient (Wildman–Crippen LogP) is 6.71. The van der Waals surface area contributed by atoms with Gasteiger partial charge in [0.25, 0.3) is 0 Å². The van der Waals surface area contributed by atoms with Crippen molar-refractivity contribution >= 4 is 43.9 Å². The van der Waals surface area contributed by atoms with E-state index in [2.05, 4.69) is 45.7 Å². The number of methoxy groups -OCH3 is 1. The van der Waals surface area contributed by atoms with Crippen LogP contribution in [0.1, 0.15) is 37.8 Å². The molecule has 0 saturated heterocycles. The molecule has 144 valence electrons. The maximum absolute atomic E-state index is 11.5. The first-order chi connectivity index (χ1) is 12.9. The first-order valence-electron chi connectivity index (χ1n) is 8.56. The van der Waals surface area contributed by atoms with E-state index >= 15 is 0 Å². The summed E-state index contributed by atoms with van der Waals surface area (Å²) in [7, 11) is 1.65. The van der Waals surface area contributed by atoms with Crippen LogP contribution in [0.5, 0.6) is 17.2 Å². The molecule has 0 unspecified atom stereocenters. The van der Waals surface area contributed by atoms with Crippen LogP contribution in [0.2, 0.25) is 0 Å². The minimum atomic E-state index is -0.368. The molecule has 0 spiro atoms. The normalized spacial score (nSPS) is 11.1. The number of halogens is 2. The average molecular weight is 498 g/mol. The van der Waals surface area contributed by atoms with Gasteiger partial charge in [-0.3, -0.25) is 0 Å². The molecule has 6 heteroatoms. The SMILES string of the molecule is CCOC(=O)/C=C/c1cccc(Oc2cc(Br)c(OC)c(C(C)C)c2Br)c1. The minimum Gasteiger partial charge on any atom is -0.495 e. The van der Waals surface area contributed by atoms with Gasteiger partial charge in [0, 0.05) is 11.6 Å². The van der Waals surface area contributed by atoms with E-state index in [4.69, 9.17) is 14.2 Å². The van der Waals surface area contributed by atoms with Gasteiger partial charge < -0.3 is 14.2 Å². The fourth-order valence-corrected chi connectivity index (χ4v) is 3.98. The Morgan fingerprint density at radius 3 is 2.59 bits per heavy atom. The zero-order valence-electron chi connectivity index (χ0n) is 15.7. The first-order valence-corrected chi connectivity index (χ1v) is 10.1. The second-order valence-electron chi connectivity index (χ2n) is 6.03. The van der Waals surface area contributed by atoms with E-state index in [0.29, 0.717) is 18.1 Å². The van der Waals surface area contributed by atoms with Crippen LogP contribution in [-0.4, -0.2) is 19.7 Å². The summed E-state index contributed by atoms with van der Waals surface area (Å²) in [5, 5.41) is 0. The quantitative estimate of drug-likeness (QED) is 0.315. The number of benzene rings is 2. The molecule has 0 N–H and O–H groups in total. The lowest BCUT2D eigenvalue weighted by atomic mass is 10.0. The molecule has 2 aromatic rings. The van der Waals surface area contributed by atoms with Crippen LogP contribution >= 0.6 is 31.9 Å². The molecule has 0 aliphatic rings. The van der Waals surface area contributed by atoms with Gasteiger partial charge in [-0.05, 0) is 74.5 Å². The van der Waals surface area contributed by atoms with Gasteiger partial charge in [0.15, 0.2) is 0 Å². The molecule has 0 aliphatic carbocycles. The number of esters is 1. The molecule has 0 aromatic heterocycles. The van der Waals surface area contributed by atoms with Crippen molar-refractivity contribution < 1.29 is 19.0 Å². The van der Waals surface area contributed by atoms with Crippen molar-refractivity contribution in [2.24, 2.45) is 0 Å². The molecule has 2 aromatic carbocycles. The van der Waals surface area contributed by atoms with Crippen molar-refractivity contribution in [1.82, 2.24) is 0 Å². The zero-order valence-corrected chi connectivity index (χ0v) is 18.9. The molecule has 2 rings (SSSR count). The molecule has 0 heterocycles. The Balaban J connectivity index is 2.32. The number of hydrogen-bond donors (Lipinski definition) is 0. The largest absolute Gasteiger partial charge is 0.495 e. The molecule has 0 bridgehead atoms. The van der Waals surface area contributed by atoms with Crippen molar-refractivity contribution in [2.45, 2.75) is 26.7 Å². The molecular weight excluding hydrogens is 476 g/mol.